The van der Waals surface area contributed by atoms with Crippen molar-refractivity contribution in [3.8, 4) is 12.1 Å². The summed E-state index contributed by atoms with van der Waals surface area (Å²) in [6.45, 7) is 10.4. The molecule has 3 rings (SSSR count). The summed E-state index contributed by atoms with van der Waals surface area (Å²) in [5.74, 6) is 0.206. The van der Waals surface area contributed by atoms with Gasteiger partial charge in [-0.15, -0.1) is 0 Å². The fourth-order valence-corrected chi connectivity index (χ4v) is 4.45. The van der Waals surface area contributed by atoms with Crippen LogP contribution in [0.1, 0.15) is 31.7 Å². The minimum absolute atomic E-state index is 0.206. The fraction of sp³-hybridized carbons (Fsp3) is 0.419. The maximum atomic E-state index is 10.1. The highest BCUT2D eigenvalue weighted by Crippen LogP contribution is 2.33. The normalized spacial score (nSPS) is 14.5. The van der Waals surface area contributed by atoms with E-state index in [9.17, 15) is 10.5 Å². The number of fused-ring (bicyclic) bond motifs is 1. The molecule has 2 aromatic rings. The molecule has 0 aliphatic carbocycles. The van der Waals surface area contributed by atoms with E-state index in [-0.39, 0.29) is 17.9 Å². The number of ether oxygens (including phenoxy) is 4. The molecule has 0 aromatic heterocycles. The molecule has 200 valence electrons. The second-order valence-electron chi connectivity index (χ2n) is 8.96. The van der Waals surface area contributed by atoms with Gasteiger partial charge >= 0.3 is 0 Å². The zero-order valence-corrected chi connectivity index (χ0v) is 22.5. The molecule has 0 N–H and O–H groups in total. The van der Waals surface area contributed by atoms with Crippen LogP contribution in [0.5, 0.6) is 0 Å². The number of anilines is 1. The monoisotopic (exact) mass is 515 g/mol. The maximum absolute atomic E-state index is 10.1. The second kappa shape index (κ2) is 15.6. The Hall–Kier alpha value is -3.62. The Balaban J connectivity index is 1.76. The molecule has 0 atom stereocenters. The van der Waals surface area contributed by atoms with E-state index < -0.39 is 0 Å². The predicted octanol–water partition coefficient (Wildman–Crippen LogP) is 5.79. The van der Waals surface area contributed by atoms with Crippen molar-refractivity contribution in [3.05, 3.63) is 71.5 Å². The summed E-state index contributed by atoms with van der Waals surface area (Å²) in [4.78, 5) is 2.43. The zero-order valence-electron chi connectivity index (χ0n) is 22.5. The highest BCUT2D eigenvalue weighted by molar-refractivity contribution is 5.94. The first kappa shape index (κ1) is 28.9. The first-order valence-corrected chi connectivity index (χ1v) is 13.1. The summed E-state index contributed by atoms with van der Waals surface area (Å²) < 4.78 is 21.6. The van der Waals surface area contributed by atoms with Crippen LogP contribution in [0.3, 0.4) is 0 Å². The molecule has 1 heterocycles. The summed E-state index contributed by atoms with van der Waals surface area (Å²) in [6.07, 6.45) is 5.45. The Morgan fingerprint density at radius 1 is 0.895 bits per heavy atom. The maximum Gasteiger partial charge on any atom is 0.130 e. The lowest BCUT2D eigenvalue weighted by molar-refractivity contribution is 0.0128. The van der Waals surface area contributed by atoms with Crippen LogP contribution in [0.25, 0.3) is 16.3 Å². The molecule has 1 fully saturated rings. The van der Waals surface area contributed by atoms with Crippen LogP contribution in [0.2, 0.25) is 0 Å². The van der Waals surface area contributed by atoms with Gasteiger partial charge < -0.3 is 23.8 Å². The largest absolute Gasteiger partial charge is 0.490 e. The van der Waals surface area contributed by atoms with Gasteiger partial charge in [-0.2, -0.15) is 10.5 Å². The molecule has 0 saturated carbocycles. The third kappa shape index (κ3) is 7.94. The van der Waals surface area contributed by atoms with E-state index in [1.54, 1.807) is 20.1 Å². The zero-order chi connectivity index (χ0) is 27.2. The average molecular weight is 516 g/mol. The molecular formula is C31H37N3O4. The van der Waals surface area contributed by atoms with Gasteiger partial charge in [0.2, 0.25) is 0 Å². The van der Waals surface area contributed by atoms with Crippen LogP contribution in [0, 0.1) is 22.7 Å². The SMILES string of the molecule is C=C(OCCOCCOCCOC)/C(C#N)=C(\C(C#N)=C/C)c1ccc2cc(N3CCCCC3)ccc2c1. The molecule has 1 aliphatic rings. The molecule has 1 saturated heterocycles. The Kier molecular flexibility index (Phi) is 11.9. The quantitative estimate of drug-likeness (QED) is 0.136. The minimum atomic E-state index is 0.206. The lowest BCUT2D eigenvalue weighted by Crippen LogP contribution is -2.29. The van der Waals surface area contributed by atoms with Crippen LogP contribution in [-0.4, -0.2) is 59.8 Å². The summed E-state index contributed by atoms with van der Waals surface area (Å²) in [6, 6.07) is 16.9. The molecule has 0 unspecified atom stereocenters. The Labute approximate surface area is 226 Å². The average Bonchev–Trinajstić information content (AvgIpc) is 2.96. The number of hydrogen-bond acceptors (Lipinski definition) is 7. The van der Waals surface area contributed by atoms with Crippen molar-refractivity contribution < 1.29 is 18.9 Å². The van der Waals surface area contributed by atoms with Crippen molar-refractivity contribution in [2.45, 2.75) is 26.2 Å². The van der Waals surface area contributed by atoms with Gasteiger partial charge in [-0.25, -0.2) is 0 Å². The van der Waals surface area contributed by atoms with Crippen molar-refractivity contribution in [3.63, 3.8) is 0 Å². The number of piperidine rings is 1. The van der Waals surface area contributed by atoms with E-state index in [2.05, 4.69) is 41.8 Å². The van der Waals surface area contributed by atoms with Gasteiger partial charge in [-0.3, -0.25) is 0 Å². The number of hydrogen-bond donors (Lipinski definition) is 0. The third-order valence-electron chi connectivity index (χ3n) is 6.46. The van der Waals surface area contributed by atoms with Crippen LogP contribution in [0.4, 0.5) is 5.69 Å². The number of allylic oxidation sites excluding steroid dienone is 4. The molecule has 0 amide bonds. The fourth-order valence-electron chi connectivity index (χ4n) is 4.45. The molecule has 1 aliphatic heterocycles. The molecule has 38 heavy (non-hydrogen) atoms. The Morgan fingerprint density at radius 3 is 2.21 bits per heavy atom. The molecule has 0 radical (unpaired) electrons. The molecule has 0 bridgehead atoms. The first-order chi connectivity index (χ1) is 18.6. The minimum Gasteiger partial charge on any atom is -0.490 e. The molecular weight excluding hydrogens is 478 g/mol. The van der Waals surface area contributed by atoms with E-state index in [4.69, 9.17) is 18.9 Å². The van der Waals surface area contributed by atoms with Crippen LogP contribution >= 0.6 is 0 Å². The lowest BCUT2D eigenvalue weighted by Gasteiger charge is -2.29. The number of benzene rings is 2. The van der Waals surface area contributed by atoms with E-state index in [0.717, 1.165) is 29.4 Å². The van der Waals surface area contributed by atoms with Gasteiger partial charge in [0.1, 0.15) is 24.0 Å². The smallest absolute Gasteiger partial charge is 0.130 e. The van der Waals surface area contributed by atoms with Gasteiger partial charge in [-0.05, 0) is 60.7 Å². The molecule has 7 heteroatoms. The van der Waals surface area contributed by atoms with Gasteiger partial charge in [0, 0.05) is 31.5 Å². The number of nitriles is 2. The standard InChI is InChI=1S/C31H37N3O4/c1-4-25(22-32)31(30(23-33)24(2)38-19-18-37-17-16-36-15-14-35-3)28-9-8-27-21-29(11-10-26(27)20-28)34-12-6-5-7-13-34/h4,8-11,20-21H,2,5-7,12-19H2,1,3H3/b25-4-,31-30+. The van der Waals surface area contributed by atoms with Crippen molar-refractivity contribution in [2.24, 2.45) is 0 Å². The highest BCUT2D eigenvalue weighted by Gasteiger charge is 2.18. The number of methoxy groups -OCH3 is 1. The van der Waals surface area contributed by atoms with Crippen molar-refractivity contribution in [2.75, 3.05) is 64.7 Å². The number of rotatable bonds is 14. The molecule has 7 nitrogen and oxygen atoms in total. The van der Waals surface area contributed by atoms with Crippen LogP contribution < -0.4 is 4.90 Å². The van der Waals surface area contributed by atoms with E-state index >= 15 is 0 Å². The van der Waals surface area contributed by atoms with Crippen molar-refractivity contribution in [1.82, 2.24) is 0 Å². The topological polar surface area (TPSA) is 87.7 Å². The summed E-state index contributed by atoms with van der Waals surface area (Å²) in [7, 11) is 1.63. The van der Waals surface area contributed by atoms with E-state index in [1.165, 1.54) is 24.9 Å². The van der Waals surface area contributed by atoms with E-state index in [0.29, 0.717) is 44.2 Å². The van der Waals surface area contributed by atoms with Crippen molar-refractivity contribution >= 4 is 22.0 Å². The molecule has 0 spiro atoms. The Morgan fingerprint density at radius 2 is 1.55 bits per heavy atom. The van der Waals surface area contributed by atoms with Gasteiger partial charge in [0.25, 0.3) is 0 Å². The third-order valence-corrected chi connectivity index (χ3v) is 6.46. The van der Waals surface area contributed by atoms with Crippen molar-refractivity contribution in [1.29, 1.82) is 10.5 Å². The number of nitrogens with zero attached hydrogens (tertiary/aromatic N) is 3. The summed E-state index contributed by atoms with van der Waals surface area (Å²) in [5, 5.41) is 22.1. The first-order valence-electron chi connectivity index (χ1n) is 13.1. The van der Waals surface area contributed by atoms with E-state index in [1.807, 2.05) is 18.2 Å². The Bertz CT molecular complexity index is 1230. The van der Waals surface area contributed by atoms with Gasteiger partial charge in [0.15, 0.2) is 0 Å². The second-order valence-corrected chi connectivity index (χ2v) is 8.96. The summed E-state index contributed by atoms with van der Waals surface area (Å²) in [5.41, 5.74) is 3.13. The summed E-state index contributed by atoms with van der Waals surface area (Å²) >= 11 is 0. The van der Waals surface area contributed by atoms with Gasteiger partial charge in [0.05, 0.1) is 44.7 Å². The van der Waals surface area contributed by atoms with Crippen LogP contribution in [0.15, 0.2) is 66.0 Å². The molecule has 2 aromatic carbocycles. The predicted molar refractivity (Wildman–Crippen MR) is 151 cm³/mol. The highest BCUT2D eigenvalue weighted by atomic mass is 16.6. The van der Waals surface area contributed by atoms with Crippen LogP contribution in [-0.2, 0) is 18.9 Å². The van der Waals surface area contributed by atoms with Gasteiger partial charge in [-0.1, -0.05) is 30.9 Å². The lowest BCUT2D eigenvalue weighted by atomic mass is 9.91.